The van der Waals surface area contributed by atoms with Gasteiger partial charge < -0.3 is 10.3 Å². The molecule has 144 valence electrons. The molecule has 0 unspecified atom stereocenters. The Bertz CT molecular complexity index is 1290. The maximum Gasteiger partial charge on any atom is 0.135 e. The van der Waals surface area contributed by atoms with Crippen LogP contribution in [-0.2, 0) is 0 Å². The van der Waals surface area contributed by atoms with E-state index in [9.17, 15) is 0 Å². The summed E-state index contributed by atoms with van der Waals surface area (Å²) in [7, 11) is 0. The molecule has 29 heavy (non-hydrogen) atoms. The maximum absolute atomic E-state index is 5.02. The third-order valence-electron chi connectivity index (χ3n) is 5.77. The SMILES string of the molecule is c1csc(-c2cncc3[nH]c(-c4n[nH]c5ccc(C6CCNCC6)nc45)cc23)c1. The number of aromatic nitrogens is 5. The number of fused-ring (bicyclic) bond motifs is 2. The largest absolute Gasteiger partial charge is 0.352 e. The lowest BCUT2D eigenvalue weighted by Gasteiger charge is -2.22. The minimum Gasteiger partial charge on any atom is -0.352 e. The van der Waals surface area contributed by atoms with Crippen LogP contribution < -0.4 is 5.32 Å². The second-order valence-electron chi connectivity index (χ2n) is 7.54. The Morgan fingerprint density at radius 3 is 2.83 bits per heavy atom. The summed E-state index contributed by atoms with van der Waals surface area (Å²) in [5.41, 5.74) is 7.04. The molecule has 3 N–H and O–H groups in total. The fourth-order valence-corrected chi connectivity index (χ4v) is 5.00. The predicted molar refractivity (Wildman–Crippen MR) is 117 cm³/mol. The number of pyridine rings is 2. The molecule has 5 aromatic rings. The topological polar surface area (TPSA) is 82.3 Å². The van der Waals surface area contributed by atoms with Gasteiger partial charge in [0.2, 0.25) is 0 Å². The molecule has 1 aliphatic heterocycles. The smallest absolute Gasteiger partial charge is 0.135 e. The maximum atomic E-state index is 5.02. The molecule has 0 amide bonds. The summed E-state index contributed by atoms with van der Waals surface area (Å²) in [5, 5.41) is 14.4. The van der Waals surface area contributed by atoms with E-state index in [1.807, 2.05) is 12.4 Å². The first-order chi connectivity index (χ1) is 14.4. The summed E-state index contributed by atoms with van der Waals surface area (Å²) in [5.74, 6) is 0.515. The van der Waals surface area contributed by atoms with E-state index >= 15 is 0 Å². The summed E-state index contributed by atoms with van der Waals surface area (Å²) in [6.07, 6.45) is 6.07. The number of H-pyrrole nitrogens is 2. The first kappa shape index (κ1) is 16.9. The Balaban J connectivity index is 1.48. The molecule has 0 radical (unpaired) electrons. The van der Waals surface area contributed by atoms with Crippen molar-refractivity contribution in [2.45, 2.75) is 18.8 Å². The van der Waals surface area contributed by atoms with Gasteiger partial charge >= 0.3 is 0 Å². The Kier molecular flexibility index (Phi) is 3.95. The van der Waals surface area contributed by atoms with Crippen LogP contribution in [0.2, 0.25) is 0 Å². The average Bonchev–Trinajstić information content (AvgIpc) is 3.52. The van der Waals surface area contributed by atoms with Crippen molar-refractivity contribution in [1.82, 2.24) is 30.5 Å². The third kappa shape index (κ3) is 2.85. The third-order valence-corrected chi connectivity index (χ3v) is 6.68. The van der Waals surface area contributed by atoms with Gasteiger partial charge in [-0.05, 0) is 55.6 Å². The lowest BCUT2D eigenvalue weighted by Crippen LogP contribution is -2.27. The first-order valence-electron chi connectivity index (χ1n) is 9.93. The van der Waals surface area contributed by atoms with E-state index in [1.165, 1.54) is 10.6 Å². The second kappa shape index (κ2) is 6.79. The number of rotatable bonds is 3. The van der Waals surface area contributed by atoms with Gasteiger partial charge in [-0.25, -0.2) is 4.98 Å². The molecule has 6 nitrogen and oxygen atoms in total. The summed E-state index contributed by atoms with van der Waals surface area (Å²) >= 11 is 1.72. The van der Waals surface area contributed by atoms with E-state index in [1.54, 1.807) is 11.3 Å². The van der Waals surface area contributed by atoms with Crippen LogP contribution in [0.1, 0.15) is 24.5 Å². The van der Waals surface area contributed by atoms with Gasteiger partial charge in [-0.3, -0.25) is 10.1 Å². The predicted octanol–water partition coefficient (Wildman–Crippen LogP) is 4.70. The van der Waals surface area contributed by atoms with Crippen LogP contribution in [0.4, 0.5) is 0 Å². The van der Waals surface area contributed by atoms with Gasteiger partial charge in [0, 0.05) is 33.6 Å². The van der Waals surface area contributed by atoms with Gasteiger partial charge in [0.1, 0.15) is 11.2 Å². The van der Waals surface area contributed by atoms with Crippen molar-refractivity contribution < 1.29 is 0 Å². The van der Waals surface area contributed by atoms with Crippen LogP contribution in [0, 0.1) is 0 Å². The van der Waals surface area contributed by atoms with Crippen molar-refractivity contribution >= 4 is 33.3 Å². The standard InChI is InChI=1S/C22H20N6S/c1-2-20(29-9-1)15-11-24-12-19-14(15)10-18(25-19)22-21-17(27-28-22)4-3-16(26-21)13-5-7-23-8-6-13/h1-4,9-13,23,25H,5-8H2,(H,27,28). The highest BCUT2D eigenvalue weighted by Gasteiger charge is 2.19. The van der Waals surface area contributed by atoms with Gasteiger partial charge in [-0.15, -0.1) is 11.3 Å². The minimum absolute atomic E-state index is 0.515. The van der Waals surface area contributed by atoms with Crippen LogP contribution in [0.5, 0.6) is 0 Å². The number of piperidine rings is 1. The lowest BCUT2D eigenvalue weighted by molar-refractivity contribution is 0.454. The van der Waals surface area contributed by atoms with Crippen molar-refractivity contribution in [3.63, 3.8) is 0 Å². The van der Waals surface area contributed by atoms with Gasteiger partial charge in [-0.2, -0.15) is 5.10 Å². The molecule has 0 aromatic carbocycles. The molecule has 0 atom stereocenters. The Hall–Kier alpha value is -3.03. The molecule has 0 saturated carbocycles. The summed E-state index contributed by atoms with van der Waals surface area (Å²) < 4.78 is 0. The average molecular weight is 401 g/mol. The molecule has 1 aliphatic rings. The Morgan fingerprint density at radius 2 is 1.97 bits per heavy atom. The van der Waals surface area contributed by atoms with E-state index in [4.69, 9.17) is 4.98 Å². The number of aromatic amines is 2. The molecule has 0 spiro atoms. The van der Waals surface area contributed by atoms with Gasteiger partial charge in [0.25, 0.3) is 0 Å². The second-order valence-corrected chi connectivity index (χ2v) is 8.49. The highest BCUT2D eigenvalue weighted by Crippen LogP contribution is 2.35. The first-order valence-corrected chi connectivity index (χ1v) is 10.8. The number of nitrogens with one attached hydrogen (secondary N) is 3. The van der Waals surface area contributed by atoms with Crippen molar-refractivity contribution in [2.24, 2.45) is 0 Å². The zero-order valence-electron chi connectivity index (χ0n) is 15.8. The molecule has 5 aromatic heterocycles. The molecule has 0 bridgehead atoms. The van der Waals surface area contributed by atoms with Crippen LogP contribution in [0.3, 0.4) is 0 Å². The highest BCUT2D eigenvalue weighted by atomic mass is 32.1. The molecule has 1 fully saturated rings. The number of thiophene rings is 1. The van der Waals surface area contributed by atoms with Crippen LogP contribution in [0.25, 0.3) is 43.8 Å². The zero-order valence-corrected chi connectivity index (χ0v) is 16.6. The van der Waals surface area contributed by atoms with Crippen LogP contribution in [0.15, 0.2) is 48.1 Å². The van der Waals surface area contributed by atoms with E-state index in [-0.39, 0.29) is 0 Å². The van der Waals surface area contributed by atoms with Gasteiger partial charge in [-0.1, -0.05) is 6.07 Å². The van der Waals surface area contributed by atoms with E-state index in [0.29, 0.717) is 5.92 Å². The normalized spacial score (nSPS) is 15.4. The molecule has 1 saturated heterocycles. The molecular weight excluding hydrogens is 380 g/mol. The fourth-order valence-electron chi connectivity index (χ4n) is 4.25. The lowest BCUT2D eigenvalue weighted by atomic mass is 9.94. The van der Waals surface area contributed by atoms with Crippen molar-refractivity contribution in [3.8, 4) is 21.8 Å². The Morgan fingerprint density at radius 1 is 1.03 bits per heavy atom. The van der Waals surface area contributed by atoms with E-state index < -0.39 is 0 Å². The highest BCUT2D eigenvalue weighted by molar-refractivity contribution is 7.13. The Labute approximate surface area is 171 Å². The summed E-state index contributed by atoms with van der Waals surface area (Å²) in [4.78, 5) is 14.2. The molecule has 7 heteroatoms. The monoisotopic (exact) mass is 400 g/mol. The number of hydrogen-bond donors (Lipinski definition) is 3. The molecule has 6 rings (SSSR count). The van der Waals surface area contributed by atoms with Crippen LogP contribution in [-0.4, -0.2) is 38.2 Å². The van der Waals surface area contributed by atoms with Crippen molar-refractivity contribution in [2.75, 3.05) is 13.1 Å². The molecular formula is C22H20N6S. The van der Waals surface area contributed by atoms with E-state index in [0.717, 1.165) is 64.8 Å². The number of hydrogen-bond acceptors (Lipinski definition) is 5. The quantitative estimate of drug-likeness (QED) is 0.410. The van der Waals surface area contributed by atoms with E-state index in [2.05, 4.69) is 61.2 Å². The molecule has 6 heterocycles. The zero-order chi connectivity index (χ0) is 19.2. The summed E-state index contributed by atoms with van der Waals surface area (Å²) in [6.45, 7) is 2.12. The van der Waals surface area contributed by atoms with Gasteiger partial charge in [0.15, 0.2) is 0 Å². The number of nitrogens with zero attached hydrogens (tertiary/aromatic N) is 3. The molecule has 0 aliphatic carbocycles. The van der Waals surface area contributed by atoms with Crippen molar-refractivity contribution in [3.05, 3.63) is 53.8 Å². The fraction of sp³-hybridized carbons (Fsp3) is 0.227. The van der Waals surface area contributed by atoms with Crippen LogP contribution >= 0.6 is 11.3 Å². The van der Waals surface area contributed by atoms with Crippen molar-refractivity contribution in [1.29, 1.82) is 0 Å². The summed E-state index contributed by atoms with van der Waals surface area (Å²) in [6, 6.07) is 10.6. The minimum atomic E-state index is 0.515. The van der Waals surface area contributed by atoms with Gasteiger partial charge in [0.05, 0.1) is 22.9 Å².